The highest BCUT2D eigenvalue weighted by Gasteiger charge is 2.14. The predicted octanol–water partition coefficient (Wildman–Crippen LogP) is 4.16. The van der Waals surface area contributed by atoms with Crippen LogP contribution in [0.3, 0.4) is 0 Å². The molecule has 0 aliphatic heterocycles. The summed E-state index contributed by atoms with van der Waals surface area (Å²) in [6.45, 7) is 1.74. The molecule has 146 valence electrons. The zero-order valence-corrected chi connectivity index (χ0v) is 16.6. The third-order valence-electron chi connectivity index (χ3n) is 3.72. The van der Waals surface area contributed by atoms with Crippen LogP contribution in [-0.2, 0) is 9.53 Å². The molecule has 2 aromatic carbocycles. The Bertz CT molecular complexity index is 898. The van der Waals surface area contributed by atoms with Crippen molar-refractivity contribution in [1.82, 2.24) is 0 Å². The molecule has 0 saturated carbocycles. The summed E-state index contributed by atoms with van der Waals surface area (Å²) in [6.07, 6.45) is 1.28. The van der Waals surface area contributed by atoms with E-state index in [-0.39, 0.29) is 16.9 Å². The van der Waals surface area contributed by atoms with Gasteiger partial charge in [0.15, 0.2) is 11.0 Å². The first kappa shape index (κ1) is 21.2. The number of hydrogen-bond acceptors (Lipinski definition) is 5. The predicted molar refractivity (Wildman–Crippen MR) is 112 cm³/mol. The third kappa shape index (κ3) is 5.68. The molecular weight excluding hydrogens is 378 g/mol. The number of benzene rings is 2. The van der Waals surface area contributed by atoms with E-state index in [1.54, 1.807) is 55.6 Å². The van der Waals surface area contributed by atoms with E-state index >= 15 is 0 Å². The summed E-state index contributed by atoms with van der Waals surface area (Å²) in [6, 6.07) is 13.8. The number of methoxy groups -OCH3 is 1. The molecule has 0 fully saturated rings. The third-order valence-corrected chi connectivity index (χ3v) is 4.30. The molecule has 0 aliphatic carbocycles. The number of rotatable bonds is 5. The number of hydrogen-bond donors (Lipinski definition) is 2. The number of amides is 2. The van der Waals surface area contributed by atoms with E-state index in [0.29, 0.717) is 28.9 Å². The summed E-state index contributed by atoms with van der Waals surface area (Å²) >= 11 is 1.19. The smallest absolute Gasteiger partial charge is 0.435 e. The Morgan fingerprint density at radius 1 is 1.00 bits per heavy atom. The molecule has 7 nitrogen and oxygen atoms in total. The fourth-order valence-electron chi connectivity index (χ4n) is 2.26. The van der Waals surface area contributed by atoms with Crippen LogP contribution in [0, 0.1) is 0 Å². The van der Waals surface area contributed by atoms with Crippen LogP contribution in [0.1, 0.15) is 29.3 Å². The molecule has 2 amide bonds. The lowest BCUT2D eigenvalue weighted by atomic mass is 10.0. The molecule has 0 unspecified atom stereocenters. The summed E-state index contributed by atoms with van der Waals surface area (Å²) in [5, 5.41) is 6.02. The van der Waals surface area contributed by atoms with Gasteiger partial charge in [0, 0.05) is 17.5 Å². The summed E-state index contributed by atoms with van der Waals surface area (Å²) in [7, 11) is 1.23. The van der Waals surface area contributed by atoms with Crippen molar-refractivity contribution in [3.8, 4) is 0 Å². The van der Waals surface area contributed by atoms with Crippen LogP contribution in [0.5, 0.6) is 0 Å². The molecule has 2 rings (SSSR count). The molecule has 8 heteroatoms. The Kier molecular flexibility index (Phi) is 7.76. The van der Waals surface area contributed by atoms with Gasteiger partial charge >= 0.3 is 6.09 Å². The van der Waals surface area contributed by atoms with Crippen molar-refractivity contribution in [2.75, 3.05) is 24.0 Å². The molecule has 0 aromatic heterocycles. The summed E-state index contributed by atoms with van der Waals surface area (Å²) < 4.78 is 4.55. The first-order chi connectivity index (χ1) is 13.5. The van der Waals surface area contributed by atoms with Crippen LogP contribution >= 0.6 is 11.8 Å². The molecule has 0 atom stereocenters. The van der Waals surface area contributed by atoms with Crippen LogP contribution in [0.15, 0.2) is 53.5 Å². The van der Waals surface area contributed by atoms with Crippen molar-refractivity contribution >= 4 is 46.1 Å². The van der Waals surface area contributed by atoms with E-state index < -0.39 is 6.09 Å². The highest BCUT2D eigenvalue weighted by atomic mass is 32.2. The first-order valence-electron chi connectivity index (χ1n) is 8.49. The number of carbonyl (C=O) groups excluding carboxylic acids is 3. The van der Waals surface area contributed by atoms with Gasteiger partial charge in [-0.3, -0.25) is 9.59 Å². The second-order valence-electron chi connectivity index (χ2n) is 5.57. The monoisotopic (exact) mass is 399 g/mol. The fourth-order valence-corrected chi connectivity index (χ4v) is 2.64. The van der Waals surface area contributed by atoms with Gasteiger partial charge in [-0.05, 0) is 24.5 Å². The molecule has 2 aromatic rings. The normalized spacial score (nSPS) is 10.9. The molecular formula is C20H21N3O4S. The number of anilines is 2. The van der Waals surface area contributed by atoms with Crippen molar-refractivity contribution < 1.29 is 19.1 Å². The second kappa shape index (κ2) is 10.3. The average Bonchev–Trinajstić information content (AvgIpc) is 2.74. The quantitative estimate of drug-likeness (QED) is 0.445. The van der Waals surface area contributed by atoms with Gasteiger partial charge in [-0.25, -0.2) is 4.79 Å². The van der Waals surface area contributed by atoms with E-state index in [0.717, 1.165) is 0 Å². The Labute approximate surface area is 167 Å². The van der Waals surface area contributed by atoms with Gasteiger partial charge < -0.3 is 15.4 Å². The molecule has 0 bridgehead atoms. The lowest BCUT2D eigenvalue weighted by molar-refractivity contribution is -0.115. The Balaban J connectivity index is 2.42. The minimum atomic E-state index is -0.757. The molecule has 2 N–H and O–H groups in total. The number of carbonyl (C=O) groups is 3. The Morgan fingerprint density at radius 2 is 1.71 bits per heavy atom. The van der Waals surface area contributed by atoms with Gasteiger partial charge in [0.05, 0.1) is 18.5 Å². The lowest BCUT2D eigenvalue weighted by Crippen LogP contribution is -2.16. The number of thioether (sulfide) groups is 1. The standard InChI is InChI=1S/C20H21N3O4S/c1-4-17(24)21-15-11-10-14(18(25)13-8-6-5-7-9-13)12-16(15)22-19(28-3)23-20(26)27-2/h5-12H,4H2,1-3H3,(H,21,24)(H,22,23,26). The summed E-state index contributed by atoms with van der Waals surface area (Å²) in [4.78, 5) is 39.8. The van der Waals surface area contributed by atoms with Gasteiger partial charge in [0.25, 0.3) is 0 Å². The summed E-state index contributed by atoms with van der Waals surface area (Å²) in [5.41, 5.74) is 1.90. The van der Waals surface area contributed by atoms with Crippen molar-refractivity contribution in [2.45, 2.75) is 13.3 Å². The van der Waals surface area contributed by atoms with E-state index in [4.69, 9.17) is 0 Å². The molecule has 0 heterocycles. The summed E-state index contributed by atoms with van der Waals surface area (Å²) in [5.74, 6) is -0.339. The van der Waals surface area contributed by atoms with E-state index in [9.17, 15) is 14.4 Å². The van der Waals surface area contributed by atoms with Crippen molar-refractivity contribution in [1.29, 1.82) is 0 Å². The minimum Gasteiger partial charge on any atom is -0.451 e. The van der Waals surface area contributed by atoms with Crippen LogP contribution < -0.4 is 10.6 Å². The molecule has 0 spiro atoms. The highest BCUT2D eigenvalue weighted by Crippen LogP contribution is 2.26. The van der Waals surface area contributed by atoms with Gasteiger partial charge in [-0.2, -0.15) is 4.99 Å². The van der Waals surface area contributed by atoms with E-state index in [1.165, 1.54) is 18.9 Å². The van der Waals surface area contributed by atoms with E-state index in [1.807, 2.05) is 6.07 Å². The van der Waals surface area contributed by atoms with Crippen molar-refractivity contribution in [3.63, 3.8) is 0 Å². The Morgan fingerprint density at radius 3 is 2.32 bits per heavy atom. The van der Waals surface area contributed by atoms with E-state index in [2.05, 4.69) is 20.4 Å². The van der Waals surface area contributed by atoms with Crippen LogP contribution in [0.25, 0.3) is 0 Å². The zero-order chi connectivity index (χ0) is 20.5. The maximum absolute atomic E-state index is 12.7. The zero-order valence-electron chi connectivity index (χ0n) is 15.8. The van der Waals surface area contributed by atoms with Crippen LogP contribution in [-0.4, -0.2) is 36.3 Å². The molecule has 0 radical (unpaired) electrons. The van der Waals surface area contributed by atoms with Crippen molar-refractivity contribution in [3.05, 3.63) is 59.7 Å². The van der Waals surface area contributed by atoms with Gasteiger partial charge in [0.1, 0.15) is 0 Å². The van der Waals surface area contributed by atoms with Crippen LogP contribution in [0.2, 0.25) is 0 Å². The maximum atomic E-state index is 12.7. The first-order valence-corrected chi connectivity index (χ1v) is 9.72. The van der Waals surface area contributed by atoms with Crippen LogP contribution in [0.4, 0.5) is 16.2 Å². The number of ketones is 1. The fraction of sp³-hybridized carbons (Fsp3) is 0.200. The lowest BCUT2D eigenvalue weighted by Gasteiger charge is -2.15. The SMILES string of the molecule is CCC(=O)Nc1ccc(C(=O)c2ccccc2)cc1NC(=NC(=O)OC)SC. The number of ether oxygens (including phenoxy) is 1. The number of amidine groups is 1. The maximum Gasteiger partial charge on any atom is 0.435 e. The van der Waals surface area contributed by atoms with Gasteiger partial charge in [-0.1, -0.05) is 49.0 Å². The minimum absolute atomic E-state index is 0.160. The Hall–Kier alpha value is -3.13. The second-order valence-corrected chi connectivity index (χ2v) is 6.37. The highest BCUT2D eigenvalue weighted by molar-refractivity contribution is 8.13. The molecule has 28 heavy (non-hydrogen) atoms. The number of nitrogens with one attached hydrogen (secondary N) is 2. The molecule has 0 aliphatic rings. The van der Waals surface area contributed by atoms with Crippen molar-refractivity contribution in [2.24, 2.45) is 4.99 Å². The topological polar surface area (TPSA) is 96.9 Å². The van der Waals surface area contributed by atoms with Gasteiger partial charge in [0.2, 0.25) is 5.91 Å². The molecule has 0 saturated heterocycles. The number of nitrogens with zero attached hydrogens (tertiary/aromatic N) is 1. The van der Waals surface area contributed by atoms with Gasteiger partial charge in [-0.15, -0.1) is 0 Å². The number of aliphatic imine (C=N–C) groups is 1. The average molecular weight is 399 g/mol. The largest absolute Gasteiger partial charge is 0.451 e.